The van der Waals surface area contributed by atoms with Crippen molar-refractivity contribution in [2.24, 2.45) is 0 Å². The van der Waals surface area contributed by atoms with Crippen LogP contribution in [0.1, 0.15) is 39.2 Å². The van der Waals surface area contributed by atoms with Crippen LogP contribution in [0.4, 0.5) is 9.59 Å². The van der Waals surface area contributed by atoms with Crippen molar-refractivity contribution in [3.8, 4) is 17.2 Å². The Morgan fingerprint density at radius 1 is 1.04 bits per heavy atom. The van der Waals surface area contributed by atoms with Crippen molar-refractivity contribution in [3.63, 3.8) is 0 Å². The smallest absolute Gasteiger partial charge is 0.434 e. The van der Waals surface area contributed by atoms with Crippen molar-refractivity contribution in [2.45, 2.75) is 33.6 Å². The second kappa shape index (κ2) is 8.89. The molecule has 0 saturated heterocycles. The van der Waals surface area contributed by atoms with Crippen molar-refractivity contribution < 1.29 is 28.5 Å². The largest absolute Gasteiger partial charge is 0.513 e. The van der Waals surface area contributed by atoms with Crippen LogP contribution in [0.3, 0.4) is 0 Å². The molecule has 1 aromatic heterocycles. The van der Waals surface area contributed by atoms with Gasteiger partial charge in [-0.25, -0.2) is 14.6 Å². The minimum atomic E-state index is -0.853. The van der Waals surface area contributed by atoms with E-state index in [-0.39, 0.29) is 30.6 Å². The number of benzene rings is 1. The summed E-state index contributed by atoms with van der Waals surface area (Å²) in [6.07, 6.45) is 3.21. The van der Waals surface area contributed by atoms with E-state index >= 15 is 0 Å². The van der Waals surface area contributed by atoms with Gasteiger partial charge in [-0.2, -0.15) is 0 Å². The van der Waals surface area contributed by atoms with E-state index in [0.717, 1.165) is 5.56 Å². The molecule has 140 valence electrons. The molecular formula is C18H22N2O6. The van der Waals surface area contributed by atoms with Gasteiger partial charge in [-0.1, -0.05) is 13.8 Å². The highest BCUT2D eigenvalue weighted by Gasteiger charge is 2.20. The fraction of sp³-hybridized carbons (Fsp3) is 0.389. The first kappa shape index (κ1) is 19.3. The summed E-state index contributed by atoms with van der Waals surface area (Å²) >= 11 is 0. The topological polar surface area (TPSA) is 88.9 Å². The normalized spacial score (nSPS) is 10.5. The Bertz CT molecular complexity index is 755. The molecule has 0 fully saturated rings. The van der Waals surface area contributed by atoms with E-state index in [9.17, 15) is 9.59 Å². The number of rotatable bonds is 6. The summed E-state index contributed by atoms with van der Waals surface area (Å²) in [5.74, 6) is 0.463. The van der Waals surface area contributed by atoms with E-state index in [1.54, 1.807) is 43.2 Å². The van der Waals surface area contributed by atoms with Gasteiger partial charge in [0.1, 0.15) is 5.75 Å². The van der Waals surface area contributed by atoms with Crippen LogP contribution in [0.15, 0.2) is 30.9 Å². The first-order chi connectivity index (χ1) is 12.5. The number of nitrogens with zero attached hydrogens (tertiary/aromatic N) is 2. The van der Waals surface area contributed by atoms with Crippen LogP contribution in [0.25, 0.3) is 5.69 Å². The maximum absolute atomic E-state index is 11.8. The standard InChI is InChI=1S/C18H22N2O6/c1-5-23-17(21)25-15-10-16(26-18(22)24-6-2)14(9-13(15)12(3)4)20-8-7-19-11-20/h7-12H,5-6H2,1-4H3. The number of imidazole rings is 1. The molecule has 0 bridgehead atoms. The lowest BCUT2D eigenvalue weighted by Crippen LogP contribution is -2.14. The molecule has 2 rings (SSSR count). The highest BCUT2D eigenvalue weighted by molar-refractivity contribution is 5.70. The molecule has 0 atom stereocenters. The third-order valence-corrected chi connectivity index (χ3v) is 3.41. The molecule has 0 spiro atoms. The molecule has 1 aromatic carbocycles. The van der Waals surface area contributed by atoms with Crippen molar-refractivity contribution >= 4 is 12.3 Å². The highest BCUT2D eigenvalue weighted by atomic mass is 16.7. The van der Waals surface area contributed by atoms with Gasteiger partial charge in [0.05, 0.1) is 25.2 Å². The van der Waals surface area contributed by atoms with Gasteiger partial charge in [-0.3, -0.25) is 0 Å². The first-order valence-electron chi connectivity index (χ1n) is 8.31. The van der Waals surface area contributed by atoms with Gasteiger partial charge >= 0.3 is 12.3 Å². The van der Waals surface area contributed by atoms with Crippen LogP contribution >= 0.6 is 0 Å². The highest BCUT2D eigenvalue weighted by Crippen LogP contribution is 2.36. The molecule has 0 N–H and O–H groups in total. The minimum absolute atomic E-state index is 0.0401. The Kier molecular flexibility index (Phi) is 6.60. The van der Waals surface area contributed by atoms with Crippen molar-refractivity contribution in [3.05, 3.63) is 36.4 Å². The number of carbonyl (C=O) groups excluding carboxylic acids is 2. The molecule has 1 heterocycles. The van der Waals surface area contributed by atoms with E-state index in [2.05, 4.69) is 4.98 Å². The summed E-state index contributed by atoms with van der Waals surface area (Å²) in [6, 6.07) is 3.24. The van der Waals surface area contributed by atoms with Crippen molar-refractivity contribution in [2.75, 3.05) is 13.2 Å². The lowest BCUT2D eigenvalue weighted by molar-refractivity contribution is 0.102. The maximum atomic E-state index is 11.8. The maximum Gasteiger partial charge on any atom is 0.513 e. The predicted octanol–water partition coefficient (Wildman–Crippen LogP) is 4.07. The average molecular weight is 362 g/mol. The molecule has 0 aliphatic heterocycles. The van der Waals surface area contributed by atoms with Gasteiger partial charge in [0, 0.05) is 18.5 Å². The van der Waals surface area contributed by atoms with Crippen LogP contribution in [-0.2, 0) is 9.47 Å². The zero-order valence-electron chi connectivity index (χ0n) is 15.2. The zero-order valence-corrected chi connectivity index (χ0v) is 15.2. The second-order valence-electron chi connectivity index (χ2n) is 5.55. The van der Waals surface area contributed by atoms with Crippen LogP contribution in [0, 0.1) is 0 Å². The van der Waals surface area contributed by atoms with Crippen molar-refractivity contribution in [1.82, 2.24) is 9.55 Å². The number of hydrogen-bond donors (Lipinski definition) is 0. The summed E-state index contributed by atoms with van der Waals surface area (Å²) < 4.78 is 21.9. The zero-order chi connectivity index (χ0) is 19.1. The SMILES string of the molecule is CCOC(=O)Oc1cc(OC(=O)OCC)c(-n2ccnc2)cc1C(C)C. The van der Waals surface area contributed by atoms with Crippen LogP contribution in [0.2, 0.25) is 0 Å². The fourth-order valence-corrected chi connectivity index (χ4v) is 2.26. The average Bonchev–Trinajstić information content (AvgIpc) is 3.09. The molecular weight excluding hydrogens is 340 g/mol. The van der Waals surface area contributed by atoms with Crippen molar-refractivity contribution in [1.29, 1.82) is 0 Å². The number of hydrogen-bond acceptors (Lipinski definition) is 7. The lowest BCUT2D eigenvalue weighted by atomic mass is 10.0. The number of ether oxygens (including phenoxy) is 4. The Hall–Kier alpha value is -3.03. The molecule has 0 saturated carbocycles. The summed E-state index contributed by atoms with van der Waals surface area (Å²) in [6.45, 7) is 7.63. The molecule has 0 aliphatic rings. The van der Waals surface area contributed by atoms with Gasteiger partial charge in [0.2, 0.25) is 0 Å². The predicted molar refractivity (Wildman–Crippen MR) is 93.0 cm³/mol. The van der Waals surface area contributed by atoms with Gasteiger partial charge in [0.25, 0.3) is 0 Å². The van der Waals surface area contributed by atoms with Gasteiger partial charge < -0.3 is 23.5 Å². The molecule has 0 radical (unpaired) electrons. The number of aromatic nitrogens is 2. The monoisotopic (exact) mass is 362 g/mol. The van der Waals surface area contributed by atoms with E-state index in [1.165, 1.54) is 6.07 Å². The molecule has 0 aliphatic carbocycles. The summed E-state index contributed by atoms with van der Waals surface area (Å²) in [7, 11) is 0. The Morgan fingerprint density at radius 2 is 1.65 bits per heavy atom. The van der Waals surface area contributed by atoms with Crippen LogP contribution in [0.5, 0.6) is 11.5 Å². The molecule has 8 nitrogen and oxygen atoms in total. The summed E-state index contributed by atoms with van der Waals surface area (Å²) in [4.78, 5) is 27.5. The number of carbonyl (C=O) groups is 2. The van der Waals surface area contributed by atoms with E-state index in [1.807, 2.05) is 13.8 Å². The van der Waals surface area contributed by atoms with E-state index < -0.39 is 12.3 Å². The minimum Gasteiger partial charge on any atom is -0.434 e. The summed E-state index contributed by atoms with van der Waals surface area (Å²) in [5, 5.41) is 0. The van der Waals surface area contributed by atoms with E-state index in [4.69, 9.17) is 18.9 Å². The second-order valence-corrected chi connectivity index (χ2v) is 5.55. The Morgan fingerprint density at radius 3 is 2.15 bits per heavy atom. The molecule has 26 heavy (non-hydrogen) atoms. The third-order valence-electron chi connectivity index (χ3n) is 3.41. The Balaban J connectivity index is 2.50. The van der Waals surface area contributed by atoms with Gasteiger partial charge in [-0.15, -0.1) is 0 Å². The lowest BCUT2D eigenvalue weighted by Gasteiger charge is -2.18. The molecule has 2 aromatic rings. The molecule has 0 amide bonds. The van der Waals surface area contributed by atoms with Crippen LogP contribution < -0.4 is 9.47 Å². The fourth-order valence-electron chi connectivity index (χ4n) is 2.26. The molecule has 8 heteroatoms. The third kappa shape index (κ3) is 4.75. The quantitative estimate of drug-likeness (QED) is 0.565. The summed E-state index contributed by atoms with van der Waals surface area (Å²) in [5.41, 5.74) is 1.31. The Labute approximate surface area is 151 Å². The first-order valence-corrected chi connectivity index (χ1v) is 8.31. The van der Waals surface area contributed by atoms with Gasteiger partial charge in [0.15, 0.2) is 5.75 Å². The van der Waals surface area contributed by atoms with E-state index in [0.29, 0.717) is 5.69 Å². The van der Waals surface area contributed by atoms with Gasteiger partial charge in [-0.05, 0) is 31.4 Å². The van der Waals surface area contributed by atoms with Crippen LogP contribution in [-0.4, -0.2) is 35.1 Å². The molecule has 0 unspecified atom stereocenters.